The highest BCUT2D eigenvalue weighted by molar-refractivity contribution is 7.13. The van der Waals surface area contributed by atoms with E-state index in [-0.39, 0.29) is 5.82 Å². The van der Waals surface area contributed by atoms with Gasteiger partial charge < -0.3 is 9.30 Å². The molecule has 28 heavy (non-hydrogen) atoms. The molecule has 0 aliphatic heterocycles. The fraction of sp³-hybridized carbons (Fsp3) is 0.261. The Balaban J connectivity index is 1.86. The van der Waals surface area contributed by atoms with Crippen LogP contribution in [0.4, 0.5) is 10.1 Å². The molecule has 5 heteroatoms. The lowest BCUT2D eigenvalue weighted by molar-refractivity contribution is 0.340. The lowest BCUT2D eigenvalue weighted by Gasteiger charge is -2.08. The van der Waals surface area contributed by atoms with Gasteiger partial charge in [-0.15, -0.1) is 6.58 Å². The Kier molecular flexibility index (Phi) is 5.44. The van der Waals surface area contributed by atoms with Gasteiger partial charge in [0.05, 0.1) is 17.2 Å². The Bertz CT molecular complexity index is 1050. The molecule has 0 unspecified atom stereocenters. The minimum absolute atomic E-state index is 0.191. The van der Waals surface area contributed by atoms with E-state index in [0.29, 0.717) is 24.6 Å². The number of allylic oxidation sites excluding steroid dienone is 1. The van der Waals surface area contributed by atoms with E-state index in [1.54, 1.807) is 17.4 Å². The number of hydrogen-bond acceptors (Lipinski definition) is 3. The quantitative estimate of drug-likeness (QED) is 0.448. The van der Waals surface area contributed by atoms with E-state index in [2.05, 4.69) is 11.1 Å². The molecule has 1 saturated carbocycles. The number of hydrogen-bond donors (Lipinski definition) is 0. The molecule has 0 atom stereocenters. The summed E-state index contributed by atoms with van der Waals surface area (Å²) in [4.78, 5) is 6.71. The van der Waals surface area contributed by atoms with Crippen molar-refractivity contribution in [1.29, 1.82) is 0 Å². The van der Waals surface area contributed by atoms with E-state index in [4.69, 9.17) is 9.73 Å². The summed E-state index contributed by atoms with van der Waals surface area (Å²) in [6.45, 7) is 7.17. The second kappa shape index (κ2) is 8.15. The van der Waals surface area contributed by atoms with Gasteiger partial charge in [0.15, 0.2) is 4.80 Å². The average Bonchev–Trinajstić information content (AvgIpc) is 3.48. The molecule has 1 aliphatic rings. The van der Waals surface area contributed by atoms with Gasteiger partial charge in [0, 0.05) is 23.7 Å². The Morgan fingerprint density at radius 3 is 2.61 bits per heavy atom. The molecule has 0 amide bonds. The van der Waals surface area contributed by atoms with E-state index in [1.807, 2.05) is 49.4 Å². The minimum Gasteiger partial charge on any atom is -0.494 e. The predicted molar refractivity (Wildman–Crippen MR) is 113 cm³/mol. The molecule has 0 saturated heterocycles. The molecule has 0 bridgehead atoms. The summed E-state index contributed by atoms with van der Waals surface area (Å²) in [5, 5.41) is 0. The van der Waals surface area contributed by atoms with Crippen molar-refractivity contribution in [2.45, 2.75) is 32.2 Å². The van der Waals surface area contributed by atoms with Crippen LogP contribution in [-0.4, -0.2) is 11.2 Å². The molecule has 0 radical (unpaired) electrons. The summed E-state index contributed by atoms with van der Waals surface area (Å²) in [6.07, 6.45) is 4.15. The molecule has 0 N–H and O–H groups in total. The Hall–Kier alpha value is -2.66. The number of nitrogens with zero attached hydrogens (tertiary/aromatic N) is 2. The first-order chi connectivity index (χ1) is 13.7. The molecule has 1 aliphatic carbocycles. The van der Waals surface area contributed by atoms with Crippen molar-refractivity contribution in [1.82, 2.24) is 4.57 Å². The third kappa shape index (κ3) is 3.80. The van der Waals surface area contributed by atoms with Crippen molar-refractivity contribution >= 4 is 17.0 Å². The first-order valence-electron chi connectivity index (χ1n) is 9.58. The lowest BCUT2D eigenvalue weighted by Crippen LogP contribution is -2.16. The molecule has 3 aromatic rings. The summed E-state index contributed by atoms with van der Waals surface area (Å²) in [5.74, 6) is 1.11. The second-order valence-electron chi connectivity index (χ2n) is 6.79. The number of rotatable bonds is 7. The van der Waals surface area contributed by atoms with Crippen LogP contribution < -0.4 is 9.54 Å². The fourth-order valence-corrected chi connectivity index (χ4v) is 4.58. The minimum atomic E-state index is -0.191. The van der Waals surface area contributed by atoms with Gasteiger partial charge in [-0.2, -0.15) is 0 Å². The van der Waals surface area contributed by atoms with Gasteiger partial charge in [-0.1, -0.05) is 35.6 Å². The van der Waals surface area contributed by atoms with Crippen molar-refractivity contribution in [3.63, 3.8) is 0 Å². The van der Waals surface area contributed by atoms with Gasteiger partial charge in [0.1, 0.15) is 11.6 Å². The first-order valence-corrected chi connectivity index (χ1v) is 10.4. The van der Waals surface area contributed by atoms with Gasteiger partial charge >= 0.3 is 0 Å². The van der Waals surface area contributed by atoms with Gasteiger partial charge in [-0.3, -0.25) is 0 Å². The van der Waals surface area contributed by atoms with Crippen molar-refractivity contribution in [2.24, 2.45) is 4.99 Å². The number of benzene rings is 2. The van der Waals surface area contributed by atoms with E-state index in [0.717, 1.165) is 34.0 Å². The maximum absolute atomic E-state index is 14.5. The van der Waals surface area contributed by atoms with Gasteiger partial charge in [-0.25, -0.2) is 9.38 Å². The van der Waals surface area contributed by atoms with Crippen LogP contribution in [0.3, 0.4) is 0 Å². The van der Waals surface area contributed by atoms with E-state index in [9.17, 15) is 4.39 Å². The smallest absolute Gasteiger partial charge is 0.191 e. The molecule has 1 aromatic heterocycles. The highest BCUT2D eigenvalue weighted by Crippen LogP contribution is 2.46. The fourth-order valence-electron chi connectivity index (χ4n) is 3.31. The lowest BCUT2D eigenvalue weighted by atomic mass is 10.1. The summed E-state index contributed by atoms with van der Waals surface area (Å²) in [7, 11) is 0. The number of halogens is 1. The zero-order valence-corrected chi connectivity index (χ0v) is 16.7. The number of ether oxygens (including phenoxy) is 1. The molecule has 4 rings (SSSR count). The number of thiazole rings is 1. The topological polar surface area (TPSA) is 26.5 Å². The van der Waals surface area contributed by atoms with Crippen LogP contribution in [0, 0.1) is 5.82 Å². The van der Waals surface area contributed by atoms with Gasteiger partial charge in [0.25, 0.3) is 0 Å². The normalized spacial score (nSPS) is 14.3. The number of aromatic nitrogens is 1. The third-order valence-corrected chi connectivity index (χ3v) is 5.84. The van der Waals surface area contributed by atoms with Crippen molar-refractivity contribution in [2.75, 3.05) is 6.61 Å². The standard InChI is InChI=1S/C23H23FN2OS/c1-3-15-26-21(16-9-10-16)22(19-7-5-6-8-20(19)24)28-23(26)25-17-11-13-18(14-12-17)27-4-2/h3,5-8,11-14,16H,1,4,9-10,15H2,2H3. The van der Waals surface area contributed by atoms with Crippen LogP contribution in [0.1, 0.15) is 31.4 Å². The Morgan fingerprint density at radius 2 is 1.96 bits per heavy atom. The van der Waals surface area contributed by atoms with E-state index >= 15 is 0 Å². The van der Waals surface area contributed by atoms with Crippen molar-refractivity contribution in [3.05, 3.63) is 77.5 Å². The Morgan fingerprint density at radius 1 is 1.21 bits per heavy atom. The monoisotopic (exact) mass is 394 g/mol. The first kappa shape index (κ1) is 18.7. The molecule has 1 fully saturated rings. The molecule has 144 valence electrons. The molecule has 1 heterocycles. The zero-order valence-electron chi connectivity index (χ0n) is 15.9. The summed E-state index contributed by atoms with van der Waals surface area (Å²) in [5.41, 5.74) is 2.69. The van der Waals surface area contributed by atoms with E-state index < -0.39 is 0 Å². The maximum Gasteiger partial charge on any atom is 0.191 e. The predicted octanol–water partition coefficient (Wildman–Crippen LogP) is 6.05. The van der Waals surface area contributed by atoms with E-state index in [1.165, 1.54) is 11.8 Å². The summed E-state index contributed by atoms with van der Waals surface area (Å²) in [6, 6.07) is 14.7. The average molecular weight is 395 g/mol. The zero-order chi connectivity index (χ0) is 19.5. The molecular weight excluding hydrogens is 371 g/mol. The maximum atomic E-state index is 14.5. The van der Waals surface area contributed by atoms with Crippen LogP contribution in [0.5, 0.6) is 5.75 Å². The van der Waals surface area contributed by atoms with Gasteiger partial charge in [0.2, 0.25) is 0 Å². The summed E-state index contributed by atoms with van der Waals surface area (Å²) >= 11 is 1.55. The van der Waals surface area contributed by atoms with Gasteiger partial charge in [-0.05, 0) is 50.1 Å². The second-order valence-corrected chi connectivity index (χ2v) is 7.77. The molecule has 0 spiro atoms. The Labute approximate surface area is 168 Å². The third-order valence-electron chi connectivity index (χ3n) is 4.71. The van der Waals surface area contributed by atoms with Crippen LogP contribution in [0.2, 0.25) is 0 Å². The highest BCUT2D eigenvalue weighted by atomic mass is 32.1. The summed E-state index contributed by atoms with van der Waals surface area (Å²) < 4.78 is 22.2. The largest absolute Gasteiger partial charge is 0.494 e. The molecule has 2 aromatic carbocycles. The van der Waals surface area contributed by atoms with Crippen LogP contribution in [0.25, 0.3) is 10.4 Å². The van der Waals surface area contributed by atoms with Crippen LogP contribution >= 0.6 is 11.3 Å². The molecular formula is C23H23FN2OS. The molecule has 3 nitrogen and oxygen atoms in total. The van der Waals surface area contributed by atoms with Crippen molar-refractivity contribution < 1.29 is 9.13 Å². The van der Waals surface area contributed by atoms with Crippen LogP contribution in [0.15, 0.2) is 66.2 Å². The van der Waals surface area contributed by atoms with Crippen molar-refractivity contribution in [3.8, 4) is 16.2 Å². The van der Waals surface area contributed by atoms with Crippen LogP contribution in [-0.2, 0) is 6.54 Å². The SMILES string of the molecule is C=CCn1c(C2CC2)c(-c2ccccc2F)sc1=Nc1ccc(OCC)cc1. The highest BCUT2D eigenvalue weighted by Gasteiger charge is 2.32.